The normalized spacial score (nSPS) is 15.8. The molecule has 0 fully saturated rings. The maximum absolute atomic E-state index is 12.3. The number of benzene rings is 2. The van der Waals surface area contributed by atoms with Crippen LogP contribution in [0.5, 0.6) is 0 Å². The van der Waals surface area contributed by atoms with Gasteiger partial charge in [-0.15, -0.1) is 0 Å². The molecule has 0 bridgehead atoms. The topological polar surface area (TPSA) is 56.1 Å². The summed E-state index contributed by atoms with van der Waals surface area (Å²) in [6.45, 7) is 3.88. The molecular weight excluding hydrogens is 350 g/mol. The molecule has 3 aromatic rings. The molecule has 1 atom stereocenters. The van der Waals surface area contributed by atoms with E-state index in [0.29, 0.717) is 19.6 Å². The predicted molar refractivity (Wildman–Crippen MR) is 108 cm³/mol. The molecule has 0 unspecified atom stereocenters. The molecule has 0 saturated heterocycles. The fraction of sp³-hybridized carbons (Fsp3) is 0.304. The minimum absolute atomic E-state index is 0.00305. The van der Waals surface area contributed by atoms with E-state index in [1.807, 2.05) is 54.1 Å². The number of carbonyl (C=O) groups excluding carboxylic acids is 1. The van der Waals surface area contributed by atoms with Crippen molar-refractivity contribution >= 4 is 5.91 Å². The minimum atomic E-state index is -0.192. The number of hydrogen-bond donors (Lipinski definition) is 1. The Hall–Kier alpha value is -2.92. The number of rotatable bonds is 6. The van der Waals surface area contributed by atoms with Crippen LogP contribution in [0, 0.1) is 6.92 Å². The molecule has 2 aromatic carbocycles. The molecule has 1 aromatic heterocycles. The maximum atomic E-state index is 12.3. The van der Waals surface area contributed by atoms with E-state index in [4.69, 9.17) is 9.84 Å². The van der Waals surface area contributed by atoms with Gasteiger partial charge in [-0.05, 0) is 30.0 Å². The van der Waals surface area contributed by atoms with Crippen LogP contribution < -0.4 is 5.32 Å². The summed E-state index contributed by atoms with van der Waals surface area (Å²) in [6.07, 6.45) is 3.15. The fourth-order valence-corrected chi connectivity index (χ4v) is 3.50. The Morgan fingerprint density at radius 2 is 1.93 bits per heavy atom. The van der Waals surface area contributed by atoms with E-state index in [9.17, 15) is 4.79 Å². The highest BCUT2D eigenvalue weighted by Crippen LogP contribution is 2.25. The Morgan fingerprint density at radius 1 is 1.14 bits per heavy atom. The third-order valence-corrected chi connectivity index (χ3v) is 5.02. The number of ether oxygens (including phenoxy) is 1. The molecule has 144 valence electrons. The van der Waals surface area contributed by atoms with Crippen molar-refractivity contribution in [2.45, 2.75) is 32.4 Å². The highest BCUT2D eigenvalue weighted by atomic mass is 16.5. The molecule has 5 nitrogen and oxygen atoms in total. The van der Waals surface area contributed by atoms with E-state index in [-0.39, 0.29) is 12.0 Å². The lowest BCUT2D eigenvalue weighted by Gasteiger charge is -2.22. The Bertz CT molecular complexity index is 932. The van der Waals surface area contributed by atoms with Crippen molar-refractivity contribution in [1.29, 1.82) is 0 Å². The van der Waals surface area contributed by atoms with Crippen LogP contribution in [-0.4, -0.2) is 28.8 Å². The van der Waals surface area contributed by atoms with Crippen LogP contribution in [0.4, 0.5) is 0 Å². The summed E-state index contributed by atoms with van der Waals surface area (Å²) in [5, 5.41) is 7.74. The van der Waals surface area contributed by atoms with E-state index in [1.54, 1.807) is 0 Å². The first kappa shape index (κ1) is 18.4. The van der Waals surface area contributed by atoms with Gasteiger partial charge in [0.05, 0.1) is 25.3 Å². The summed E-state index contributed by atoms with van der Waals surface area (Å²) < 4.78 is 7.86. The summed E-state index contributed by atoms with van der Waals surface area (Å²) in [6, 6.07) is 18.3. The molecule has 1 amide bonds. The van der Waals surface area contributed by atoms with Gasteiger partial charge in [0.25, 0.3) is 0 Å². The van der Waals surface area contributed by atoms with Gasteiger partial charge in [0.2, 0.25) is 5.91 Å². The van der Waals surface area contributed by atoms with Crippen LogP contribution in [0.3, 0.4) is 0 Å². The molecule has 1 aliphatic rings. The molecule has 2 heterocycles. The number of aromatic nitrogens is 2. The van der Waals surface area contributed by atoms with Gasteiger partial charge >= 0.3 is 0 Å². The minimum Gasteiger partial charge on any atom is -0.370 e. The Labute approximate surface area is 165 Å². The molecule has 0 saturated carbocycles. The van der Waals surface area contributed by atoms with Crippen LogP contribution in [-0.2, 0) is 28.9 Å². The second kappa shape index (κ2) is 8.40. The molecule has 0 spiro atoms. The zero-order valence-corrected chi connectivity index (χ0v) is 16.1. The Kier molecular flexibility index (Phi) is 5.53. The molecule has 28 heavy (non-hydrogen) atoms. The van der Waals surface area contributed by atoms with E-state index in [0.717, 1.165) is 24.2 Å². The fourth-order valence-electron chi connectivity index (χ4n) is 3.50. The van der Waals surface area contributed by atoms with Crippen LogP contribution in [0.1, 0.15) is 34.1 Å². The monoisotopic (exact) mass is 375 g/mol. The van der Waals surface area contributed by atoms with Gasteiger partial charge in [-0.2, -0.15) is 5.10 Å². The van der Waals surface area contributed by atoms with Gasteiger partial charge in [-0.25, -0.2) is 0 Å². The Morgan fingerprint density at radius 3 is 2.71 bits per heavy atom. The average molecular weight is 375 g/mol. The van der Waals surface area contributed by atoms with Gasteiger partial charge in [-0.3, -0.25) is 9.48 Å². The second-order valence-corrected chi connectivity index (χ2v) is 7.30. The van der Waals surface area contributed by atoms with Crippen molar-refractivity contribution in [3.05, 3.63) is 88.7 Å². The van der Waals surface area contributed by atoms with E-state index >= 15 is 0 Å². The van der Waals surface area contributed by atoms with Crippen molar-refractivity contribution in [3.63, 3.8) is 0 Å². The lowest BCUT2D eigenvalue weighted by Crippen LogP contribution is -2.32. The van der Waals surface area contributed by atoms with Crippen molar-refractivity contribution in [1.82, 2.24) is 15.1 Å². The average Bonchev–Trinajstić information content (AvgIpc) is 3.12. The molecule has 4 rings (SSSR count). The smallest absolute Gasteiger partial charge is 0.224 e. The number of aryl methyl sites for hydroxylation is 1. The summed E-state index contributed by atoms with van der Waals surface area (Å²) in [5.41, 5.74) is 5.57. The summed E-state index contributed by atoms with van der Waals surface area (Å²) in [4.78, 5) is 12.3. The zero-order chi connectivity index (χ0) is 19.3. The van der Waals surface area contributed by atoms with Gasteiger partial charge in [0.1, 0.15) is 6.10 Å². The van der Waals surface area contributed by atoms with Gasteiger partial charge in [0.15, 0.2) is 0 Å². The van der Waals surface area contributed by atoms with E-state index in [2.05, 4.69) is 23.6 Å². The Balaban J connectivity index is 1.37. The van der Waals surface area contributed by atoms with Crippen LogP contribution >= 0.6 is 0 Å². The summed E-state index contributed by atoms with van der Waals surface area (Å²) in [7, 11) is 0. The van der Waals surface area contributed by atoms with Gasteiger partial charge in [0, 0.05) is 12.7 Å². The van der Waals surface area contributed by atoms with E-state index < -0.39 is 0 Å². The zero-order valence-electron chi connectivity index (χ0n) is 16.1. The summed E-state index contributed by atoms with van der Waals surface area (Å²) in [5.74, 6) is 0.00305. The third kappa shape index (κ3) is 4.49. The number of carbonyl (C=O) groups is 1. The lowest BCUT2D eigenvalue weighted by molar-refractivity contribution is -0.121. The molecule has 1 aliphatic heterocycles. The molecule has 0 radical (unpaired) electrons. The number of nitrogens with one attached hydrogen (secondary N) is 1. The quantitative estimate of drug-likeness (QED) is 0.720. The SMILES string of the molecule is Cc1ccc(CC(=O)NC[C@@H]2OCCc3cn(Cc4ccccc4)nc32)cc1. The first-order chi connectivity index (χ1) is 13.7. The van der Waals surface area contributed by atoms with Crippen molar-refractivity contribution in [3.8, 4) is 0 Å². The highest BCUT2D eigenvalue weighted by Gasteiger charge is 2.25. The molecule has 1 N–H and O–H groups in total. The van der Waals surface area contributed by atoms with Crippen molar-refractivity contribution in [2.75, 3.05) is 13.2 Å². The predicted octanol–water partition coefficient (Wildman–Crippen LogP) is 3.21. The van der Waals surface area contributed by atoms with Crippen molar-refractivity contribution in [2.24, 2.45) is 0 Å². The number of hydrogen-bond acceptors (Lipinski definition) is 3. The molecule has 0 aliphatic carbocycles. The number of fused-ring (bicyclic) bond motifs is 1. The third-order valence-electron chi connectivity index (χ3n) is 5.02. The van der Waals surface area contributed by atoms with Gasteiger partial charge in [-0.1, -0.05) is 60.2 Å². The summed E-state index contributed by atoms with van der Waals surface area (Å²) >= 11 is 0. The van der Waals surface area contributed by atoms with Crippen LogP contribution in [0.25, 0.3) is 0 Å². The van der Waals surface area contributed by atoms with Gasteiger partial charge < -0.3 is 10.1 Å². The van der Waals surface area contributed by atoms with Crippen LogP contribution in [0.15, 0.2) is 60.8 Å². The highest BCUT2D eigenvalue weighted by molar-refractivity contribution is 5.78. The standard InChI is InChI=1S/C23H25N3O2/c1-17-7-9-18(10-8-17)13-22(27)24-14-21-23-20(11-12-28-21)16-26(25-23)15-19-5-3-2-4-6-19/h2-10,16,21H,11-15H2,1H3,(H,24,27)/t21-/m0/s1. The number of amides is 1. The lowest BCUT2D eigenvalue weighted by atomic mass is 10.1. The largest absolute Gasteiger partial charge is 0.370 e. The molecule has 5 heteroatoms. The van der Waals surface area contributed by atoms with Crippen LogP contribution in [0.2, 0.25) is 0 Å². The molecular formula is C23H25N3O2. The second-order valence-electron chi connectivity index (χ2n) is 7.30. The number of nitrogens with zero attached hydrogens (tertiary/aromatic N) is 2. The maximum Gasteiger partial charge on any atom is 0.224 e. The first-order valence-corrected chi connectivity index (χ1v) is 9.71. The first-order valence-electron chi connectivity index (χ1n) is 9.71. The van der Waals surface area contributed by atoms with Crippen molar-refractivity contribution < 1.29 is 9.53 Å². The van der Waals surface area contributed by atoms with E-state index in [1.165, 1.54) is 16.7 Å².